The Morgan fingerprint density at radius 3 is 3.06 bits per heavy atom. The van der Waals surface area contributed by atoms with Gasteiger partial charge in [0.05, 0.1) is 6.04 Å². The van der Waals surface area contributed by atoms with Crippen LogP contribution < -0.4 is 5.73 Å². The van der Waals surface area contributed by atoms with E-state index in [4.69, 9.17) is 10.7 Å². The lowest BCUT2D eigenvalue weighted by Gasteiger charge is -2.35. The Kier molecular flexibility index (Phi) is 3.39. The van der Waals surface area contributed by atoms with Crippen molar-refractivity contribution in [2.24, 2.45) is 5.73 Å². The predicted octanol–water partition coefficient (Wildman–Crippen LogP) is 1.70. The van der Waals surface area contributed by atoms with Crippen molar-refractivity contribution >= 4 is 0 Å². The summed E-state index contributed by atoms with van der Waals surface area (Å²) >= 11 is 0. The van der Waals surface area contributed by atoms with E-state index in [1.807, 2.05) is 0 Å². The zero-order chi connectivity index (χ0) is 12.5. The van der Waals surface area contributed by atoms with Gasteiger partial charge < -0.3 is 10.3 Å². The number of imidazole rings is 1. The van der Waals surface area contributed by atoms with Crippen LogP contribution in [-0.2, 0) is 13.0 Å². The Bertz CT molecular complexity index is 412. The summed E-state index contributed by atoms with van der Waals surface area (Å²) in [7, 11) is 0. The van der Waals surface area contributed by atoms with Crippen LogP contribution in [0.2, 0.25) is 0 Å². The average molecular weight is 248 g/mol. The smallest absolute Gasteiger partial charge is 0.126 e. The molecule has 2 N–H and O–H groups in total. The van der Waals surface area contributed by atoms with Gasteiger partial charge in [-0.05, 0) is 32.4 Å². The zero-order valence-electron chi connectivity index (χ0n) is 11.3. The van der Waals surface area contributed by atoms with Gasteiger partial charge in [0, 0.05) is 30.9 Å². The van der Waals surface area contributed by atoms with Gasteiger partial charge in [-0.15, -0.1) is 0 Å². The molecule has 4 nitrogen and oxygen atoms in total. The number of nitrogens with zero attached hydrogens (tertiary/aromatic N) is 3. The van der Waals surface area contributed by atoms with Gasteiger partial charge in [0.25, 0.3) is 0 Å². The van der Waals surface area contributed by atoms with E-state index < -0.39 is 0 Å². The van der Waals surface area contributed by atoms with E-state index >= 15 is 0 Å². The fraction of sp³-hybridized carbons (Fsp3) is 0.786. The standard InChI is InChI=1S/C14H24N4/c1-2-17-7-4-3-5-13(17)14-16-10-12-9-11(15)6-8-18(12)14/h10-11,13H,2-9,15H2,1H3. The van der Waals surface area contributed by atoms with Gasteiger partial charge in [0.2, 0.25) is 0 Å². The summed E-state index contributed by atoms with van der Waals surface area (Å²) in [6, 6.07) is 0.863. The van der Waals surface area contributed by atoms with Crippen LogP contribution in [0.3, 0.4) is 0 Å². The maximum atomic E-state index is 6.04. The maximum Gasteiger partial charge on any atom is 0.126 e. The van der Waals surface area contributed by atoms with Crippen LogP contribution >= 0.6 is 0 Å². The number of likely N-dealkylation sites (tertiary alicyclic amines) is 1. The van der Waals surface area contributed by atoms with Crippen molar-refractivity contribution in [3.05, 3.63) is 17.7 Å². The van der Waals surface area contributed by atoms with E-state index in [1.165, 1.54) is 37.3 Å². The van der Waals surface area contributed by atoms with Crippen LogP contribution in [-0.4, -0.2) is 33.6 Å². The van der Waals surface area contributed by atoms with E-state index in [0.717, 1.165) is 25.9 Å². The quantitative estimate of drug-likeness (QED) is 0.866. The molecule has 1 aromatic heterocycles. The second-order valence-corrected chi connectivity index (χ2v) is 5.65. The van der Waals surface area contributed by atoms with Gasteiger partial charge in [-0.2, -0.15) is 0 Å². The zero-order valence-corrected chi connectivity index (χ0v) is 11.3. The molecule has 0 saturated carbocycles. The first-order chi connectivity index (χ1) is 8.79. The fourth-order valence-corrected chi connectivity index (χ4v) is 3.44. The summed E-state index contributed by atoms with van der Waals surface area (Å²) in [5, 5.41) is 0. The van der Waals surface area contributed by atoms with E-state index in [0.29, 0.717) is 12.1 Å². The molecule has 0 radical (unpaired) electrons. The summed E-state index contributed by atoms with van der Waals surface area (Å²) in [4.78, 5) is 7.30. The second kappa shape index (κ2) is 5.02. The molecule has 4 heteroatoms. The first kappa shape index (κ1) is 12.2. The molecule has 0 spiro atoms. The van der Waals surface area contributed by atoms with Crippen molar-refractivity contribution in [2.75, 3.05) is 13.1 Å². The number of aromatic nitrogens is 2. The highest BCUT2D eigenvalue weighted by atomic mass is 15.2. The first-order valence-electron chi connectivity index (χ1n) is 7.33. The third-order valence-corrected chi connectivity index (χ3v) is 4.48. The Balaban J connectivity index is 1.87. The number of hydrogen-bond donors (Lipinski definition) is 1. The lowest BCUT2D eigenvalue weighted by atomic mass is 10.0. The van der Waals surface area contributed by atoms with Crippen molar-refractivity contribution in [2.45, 2.75) is 57.7 Å². The predicted molar refractivity (Wildman–Crippen MR) is 72.4 cm³/mol. The molecule has 2 aliphatic rings. The lowest BCUT2D eigenvalue weighted by Crippen LogP contribution is -2.36. The minimum absolute atomic E-state index is 0.329. The molecule has 2 unspecified atom stereocenters. The van der Waals surface area contributed by atoms with Crippen molar-refractivity contribution in [1.29, 1.82) is 0 Å². The summed E-state index contributed by atoms with van der Waals surface area (Å²) in [5.74, 6) is 1.29. The minimum Gasteiger partial charge on any atom is -0.331 e. The molecule has 1 aromatic rings. The molecule has 100 valence electrons. The van der Waals surface area contributed by atoms with Gasteiger partial charge in [-0.1, -0.05) is 13.3 Å². The largest absolute Gasteiger partial charge is 0.331 e. The number of hydrogen-bond acceptors (Lipinski definition) is 3. The maximum absolute atomic E-state index is 6.04. The van der Waals surface area contributed by atoms with E-state index in [-0.39, 0.29) is 0 Å². The summed E-state index contributed by atoms with van der Waals surface area (Å²) in [6.45, 7) is 5.67. The SMILES string of the molecule is CCN1CCCCC1c1ncc2n1CCC(N)C2. The molecule has 0 aliphatic carbocycles. The van der Waals surface area contributed by atoms with Gasteiger partial charge >= 0.3 is 0 Å². The van der Waals surface area contributed by atoms with Gasteiger partial charge in [-0.3, -0.25) is 4.90 Å². The monoisotopic (exact) mass is 248 g/mol. The third kappa shape index (κ3) is 2.08. The topological polar surface area (TPSA) is 47.1 Å². The van der Waals surface area contributed by atoms with Gasteiger partial charge in [0.15, 0.2) is 0 Å². The highest BCUT2D eigenvalue weighted by Gasteiger charge is 2.29. The number of fused-ring (bicyclic) bond motifs is 1. The van der Waals surface area contributed by atoms with E-state index in [2.05, 4.69) is 22.6 Å². The van der Waals surface area contributed by atoms with Crippen molar-refractivity contribution in [1.82, 2.24) is 14.5 Å². The summed E-state index contributed by atoms with van der Waals surface area (Å²) < 4.78 is 2.43. The summed E-state index contributed by atoms with van der Waals surface area (Å²) in [6.07, 6.45) is 8.07. The summed E-state index contributed by atoms with van der Waals surface area (Å²) in [5.41, 5.74) is 7.38. The van der Waals surface area contributed by atoms with Crippen LogP contribution in [0.25, 0.3) is 0 Å². The Labute approximate surface area is 109 Å². The minimum atomic E-state index is 0.329. The Morgan fingerprint density at radius 2 is 2.22 bits per heavy atom. The molecule has 0 amide bonds. The van der Waals surface area contributed by atoms with Crippen LogP contribution in [0.5, 0.6) is 0 Å². The molecule has 3 heterocycles. The molecule has 3 rings (SSSR count). The van der Waals surface area contributed by atoms with Crippen LogP contribution in [0.4, 0.5) is 0 Å². The van der Waals surface area contributed by atoms with Gasteiger partial charge in [0.1, 0.15) is 5.82 Å². The molecular formula is C14H24N4. The van der Waals surface area contributed by atoms with Crippen molar-refractivity contribution in [3.63, 3.8) is 0 Å². The molecule has 1 saturated heterocycles. The van der Waals surface area contributed by atoms with Crippen LogP contribution in [0.1, 0.15) is 50.2 Å². The molecule has 1 fully saturated rings. The lowest BCUT2D eigenvalue weighted by molar-refractivity contribution is 0.145. The fourth-order valence-electron chi connectivity index (χ4n) is 3.44. The molecule has 2 aliphatic heterocycles. The third-order valence-electron chi connectivity index (χ3n) is 4.48. The van der Waals surface area contributed by atoms with Crippen molar-refractivity contribution in [3.8, 4) is 0 Å². The second-order valence-electron chi connectivity index (χ2n) is 5.65. The van der Waals surface area contributed by atoms with Crippen LogP contribution in [0.15, 0.2) is 6.20 Å². The van der Waals surface area contributed by atoms with Gasteiger partial charge in [-0.25, -0.2) is 4.98 Å². The molecule has 18 heavy (non-hydrogen) atoms. The van der Waals surface area contributed by atoms with E-state index in [1.54, 1.807) is 0 Å². The molecular weight excluding hydrogens is 224 g/mol. The molecule has 0 bridgehead atoms. The Morgan fingerprint density at radius 1 is 1.33 bits per heavy atom. The number of nitrogens with two attached hydrogens (primary N) is 1. The number of piperidine rings is 1. The molecule has 2 atom stereocenters. The highest BCUT2D eigenvalue weighted by Crippen LogP contribution is 2.31. The van der Waals surface area contributed by atoms with Crippen LogP contribution in [0, 0.1) is 0 Å². The Hall–Kier alpha value is -0.870. The first-order valence-corrected chi connectivity index (χ1v) is 7.33. The average Bonchev–Trinajstić information content (AvgIpc) is 2.81. The van der Waals surface area contributed by atoms with E-state index in [9.17, 15) is 0 Å². The van der Waals surface area contributed by atoms with Crippen molar-refractivity contribution < 1.29 is 0 Å². The number of rotatable bonds is 2. The molecule has 0 aromatic carbocycles. The normalized spacial score (nSPS) is 29.2. The highest BCUT2D eigenvalue weighted by molar-refractivity contribution is 5.13.